The molecular weight excluding hydrogens is 252 g/mol. The summed E-state index contributed by atoms with van der Waals surface area (Å²) in [6.45, 7) is 0. The highest BCUT2D eigenvalue weighted by atomic mass is 35.5. The molecular formula is C13H19ClN2O2. The molecule has 1 fully saturated rings. The van der Waals surface area contributed by atoms with Crippen molar-refractivity contribution in [2.24, 2.45) is 0 Å². The number of amides is 1. The zero-order valence-corrected chi connectivity index (χ0v) is 11.2. The van der Waals surface area contributed by atoms with Crippen LogP contribution in [0.25, 0.3) is 0 Å². The van der Waals surface area contributed by atoms with Crippen LogP contribution in [0.2, 0.25) is 0 Å². The second-order valence-corrected chi connectivity index (χ2v) is 4.47. The van der Waals surface area contributed by atoms with E-state index in [1.807, 2.05) is 0 Å². The number of benzene rings is 1. The summed E-state index contributed by atoms with van der Waals surface area (Å²) in [5.74, 6) is -0.0564. The minimum absolute atomic E-state index is 0. The number of methoxy groups -OCH3 is 1. The summed E-state index contributed by atoms with van der Waals surface area (Å²) >= 11 is 0. The molecule has 1 aromatic carbocycles. The Bertz CT molecular complexity index is 412. The van der Waals surface area contributed by atoms with Crippen molar-refractivity contribution in [3.05, 3.63) is 29.8 Å². The van der Waals surface area contributed by atoms with Gasteiger partial charge in [0.1, 0.15) is 0 Å². The summed E-state index contributed by atoms with van der Waals surface area (Å²) in [7, 11) is 1.72. The predicted molar refractivity (Wildman–Crippen MR) is 74.0 cm³/mol. The van der Waals surface area contributed by atoms with E-state index in [0.29, 0.717) is 11.3 Å². The second-order valence-electron chi connectivity index (χ2n) is 4.47. The van der Waals surface area contributed by atoms with Gasteiger partial charge in [-0.2, -0.15) is 0 Å². The van der Waals surface area contributed by atoms with Crippen LogP contribution in [0.15, 0.2) is 24.3 Å². The van der Waals surface area contributed by atoms with E-state index in [4.69, 9.17) is 10.5 Å². The number of rotatable bonds is 3. The van der Waals surface area contributed by atoms with E-state index in [9.17, 15) is 4.79 Å². The van der Waals surface area contributed by atoms with Crippen molar-refractivity contribution in [2.45, 2.75) is 31.4 Å². The van der Waals surface area contributed by atoms with E-state index >= 15 is 0 Å². The summed E-state index contributed by atoms with van der Waals surface area (Å²) in [5.41, 5.74) is 6.87. The van der Waals surface area contributed by atoms with E-state index in [1.165, 1.54) is 0 Å². The van der Waals surface area contributed by atoms with Gasteiger partial charge in [-0.15, -0.1) is 12.4 Å². The van der Waals surface area contributed by atoms with Gasteiger partial charge in [0.2, 0.25) is 0 Å². The van der Waals surface area contributed by atoms with Crippen LogP contribution in [0.5, 0.6) is 0 Å². The monoisotopic (exact) mass is 270 g/mol. The van der Waals surface area contributed by atoms with E-state index in [1.54, 1.807) is 31.4 Å². The van der Waals surface area contributed by atoms with Crippen LogP contribution in [0.4, 0.5) is 5.69 Å². The van der Waals surface area contributed by atoms with Crippen molar-refractivity contribution < 1.29 is 9.53 Å². The summed E-state index contributed by atoms with van der Waals surface area (Å²) in [4.78, 5) is 11.9. The van der Waals surface area contributed by atoms with Gasteiger partial charge < -0.3 is 15.8 Å². The largest absolute Gasteiger partial charge is 0.399 e. The molecule has 0 bridgehead atoms. The zero-order chi connectivity index (χ0) is 12.3. The Hall–Kier alpha value is -1.26. The van der Waals surface area contributed by atoms with Gasteiger partial charge in [0.15, 0.2) is 0 Å². The van der Waals surface area contributed by atoms with Crippen LogP contribution in [-0.4, -0.2) is 25.2 Å². The molecule has 1 saturated carbocycles. The molecule has 0 aromatic heterocycles. The quantitative estimate of drug-likeness (QED) is 0.826. The van der Waals surface area contributed by atoms with Gasteiger partial charge in [-0.1, -0.05) is 6.07 Å². The molecule has 0 radical (unpaired) electrons. The van der Waals surface area contributed by atoms with Crippen LogP contribution in [0.3, 0.4) is 0 Å². The van der Waals surface area contributed by atoms with Gasteiger partial charge in [-0.25, -0.2) is 0 Å². The van der Waals surface area contributed by atoms with Gasteiger partial charge in [-0.05, 0) is 37.5 Å². The van der Waals surface area contributed by atoms with Crippen molar-refractivity contribution >= 4 is 24.0 Å². The molecule has 1 amide bonds. The van der Waals surface area contributed by atoms with Crippen molar-refractivity contribution in [3.63, 3.8) is 0 Å². The maximum absolute atomic E-state index is 11.9. The summed E-state index contributed by atoms with van der Waals surface area (Å²) in [6.07, 6.45) is 3.16. The molecule has 1 aromatic rings. The number of carbonyl (C=O) groups is 1. The Morgan fingerprint density at radius 2 is 2.22 bits per heavy atom. The number of hydrogen-bond donors (Lipinski definition) is 2. The lowest BCUT2D eigenvalue weighted by Crippen LogP contribution is -2.33. The maximum Gasteiger partial charge on any atom is 0.251 e. The molecule has 18 heavy (non-hydrogen) atoms. The van der Waals surface area contributed by atoms with Gasteiger partial charge >= 0.3 is 0 Å². The molecule has 3 N–H and O–H groups in total. The van der Waals surface area contributed by atoms with E-state index in [2.05, 4.69) is 5.32 Å². The molecule has 1 aliphatic rings. The van der Waals surface area contributed by atoms with Crippen molar-refractivity contribution in [3.8, 4) is 0 Å². The number of nitrogen functional groups attached to an aromatic ring is 1. The third kappa shape index (κ3) is 3.62. The fourth-order valence-corrected chi connectivity index (χ4v) is 2.23. The lowest BCUT2D eigenvalue weighted by molar-refractivity contribution is 0.0915. The zero-order valence-electron chi connectivity index (χ0n) is 10.4. The second kappa shape index (κ2) is 6.61. The molecule has 0 spiro atoms. The molecule has 1 aliphatic carbocycles. The van der Waals surface area contributed by atoms with Crippen LogP contribution < -0.4 is 11.1 Å². The molecule has 5 heteroatoms. The van der Waals surface area contributed by atoms with E-state index in [0.717, 1.165) is 19.3 Å². The Kier molecular flexibility index (Phi) is 5.44. The van der Waals surface area contributed by atoms with Crippen molar-refractivity contribution in [1.29, 1.82) is 0 Å². The lowest BCUT2D eigenvalue weighted by atomic mass is 10.1. The average Bonchev–Trinajstić information content (AvgIpc) is 2.77. The highest BCUT2D eigenvalue weighted by molar-refractivity contribution is 5.95. The Morgan fingerprint density at radius 1 is 1.44 bits per heavy atom. The standard InChI is InChI=1S/C13H18N2O2.ClH/c1-17-12-6-5-11(8-12)15-13(16)9-3-2-4-10(14)7-9;/h2-4,7,11-12H,5-6,8,14H2,1H3,(H,15,16);1H. The number of nitrogens with one attached hydrogen (secondary N) is 1. The first-order valence-electron chi connectivity index (χ1n) is 5.88. The fourth-order valence-electron chi connectivity index (χ4n) is 2.23. The summed E-state index contributed by atoms with van der Waals surface area (Å²) in [6, 6.07) is 7.24. The molecule has 2 rings (SSSR count). The first-order valence-corrected chi connectivity index (χ1v) is 5.88. The minimum Gasteiger partial charge on any atom is -0.399 e. The molecule has 2 unspecified atom stereocenters. The molecule has 4 nitrogen and oxygen atoms in total. The van der Waals surface area contributed by atoms with Crippen molar-refractivity contribution in [1.82, 2.24) is 5.32 Å². The molecule has 100 valence electrons. The van der Waals surface area contributed by atoms with Crippen LogP contribution >= 0.6 is 12.4 Å². The molecule has 2 atom stereocenters. The Labute approximate surface area is 113 Å². The number of ether oxygens (including phenoxy) is 1. The number of hydrogen-bond acceptors (Lipinski definition) is 3. The average molecular weight is 271 g/mol. The van der Waals surface area contributed by atoms with Crippen LogP contribution in [0, 0.1) is 0 Å². The van der Waals surface area contributed by atoms with Crippen LogP contribution in [0.1, 0.15) is 29.6 Å². The van der Waals surface area contributed by atoms with Gasteiger partial charge in [-0.3, -0.25) is 4.79 Å². The highest BCUT2D eigenvalue weighted by Crippen LogP contribution is 2.21. The predicted octanol–water partition coefficient (Wildman–Crippen LogP) is 1.99. The third-order valence-electron chi connectivity index (χ3n) is 3.20. The Balaban J connectivity index is 0.00000162. The number of carbonyl (C=O) groups excluding carboxylic acids is 1. The normalized spacial score (nSPS) is 22.3. The lowest BCUT2D eigenvalue weighted by Gasteiger charge is -2.13. The van der Waals surface area contributed by atoms with Gasteiger partial charge in [0, 0.05) is 24.4 Å². The Morgan fingerprint density at radius 3 is 2.83 bits per heavy atom. The van der Waals surface area contributed by atoms with E-state index < -0.39 is 0 Å². The SMILES string of the molecule is COC1CCC(NC(=O)c2cccc(N)c2)C1.Cl. The molecule has 0 saturated heterocycles. The highest BCUT2D eigenvalue weighted by Gasteiger charge is 2.25. The summed E-state index contributed by atoms with van der Waals surface area (Å²) < 4.78 is 5.28. The molecule has 0 heterocycles. The smallest absolute Gasteiger partial charge is 0.251 e. The summed E-state index contributed by atoms with van der Waals surface area (Å²) in [5, 5.41) is 3.01. The van der Waals surface area contributed by atoms with Crippen LogP contribution in [-0.2, 0) is 4.74 Å². The fraction of sp³-hybridized carbons (Fsp3) is 0.462. The van der Waals surface area contributed by atoms with Gasteiger partial charge in [0.05, 0.1) is 6.10 Å². The number of anilines is 1. The first-order chi connectivity index (χ1) is 8.19. The number of halogens is 1. The first kappa shape index (κ1) is 14.8. The van der Waals surface area contributed by atoms with Gasteiger partial charge in [0.25, 0.3) is 5.91 Å². The van der Waals surface area contributed by atoms with Crippen molar-refractivity contribution in [2.75, 3.05) is 12.8 Å². The third-order valence-corrected chi connectivity index (χ3v) is 3.20. The molecule has 0 aliphatic heterocycles. The van der Waals surface area contributed by atoms with E-state index in [-0.39, 0.29) is 30.5 Å². The minimum atomic E-state index is -0.0564. The number of nitrogens with two attached hydrogens (primary N) is 1. The maximum atomic E-state index is 11.9. The topological polar surface area (TPSA) is 64.3 Å².